The Kier molecular flexibility index (Phi) is 5.43. The molecule has 0 fully saturated rings. The lowest BCUT2D eigenvalue weighted by Gasteiger charge is -2.06. The molecule has 0 radical (unpaired) electrons. The van der Waals surface area contributed by atoms with Crippen molar-refractivity contribution in [2.24, 2.45) is 5.92 Å². The van der Waals surface area contributed by atoms with Crippen molar-refractivity contribution in [3.05, 3.63) is 0 Å². The van der Waals surface area contributed by atoms with E-state index in [0.29, 0.717) is 12.8 Å². The molecule has 0 aromatic carbocycles. The average molecular weight is 158 g/mol. The normalized spacial score (nSPS) is 12.2. The highest BCUT2D eigenvalue weighted by atomic mass is 16.5. The van der Waals surface area contributed by atoms with Crippen molar-refractivity contribution >= 4 is 12.3 Å². The van der Waals surface area contributed by atoms with Gasteiger partial charge in [0.1, 0.15) is 6.29 Å². The first kappa shape index (κ1) is 10.1. The summed E-state index contributed by atoms with van der Waals surface area (Å²) in [5, 5.41) is 0. The van der Waals surface area contributed by atoms with Gasteiger partial charge in [0.25, 0.3) is 0 Å². The molecule has 3 nitrogen and oxygen atoms in total. The zero-order valence-corrected chi connectivity index (χ0v) is 7.00. The Balaban J connectivity index is 3.42. The van der Waals surface area contributed by atoms with Crippen LogP contribution < -0.4 is 0 Å². The number of hydrogen-bond donors (Lipinski definition) is 0. The smallest absolute Gasteiger partial charge is 0.305 e. The van der Waals surface area contributed by atoms with Crippen LogP contribution in [0.4, 0.5) is 0 Å². The molecule has 3 heteroatoms. The molecule has 11 heavy (non-hydrogen) atoms. The molecule has 0 rings (SSSR count). The molecule has 0 saturated carbocycles. The minimum absolute atomic E-state index is 0.205. The van der Waals surface area contributed by atoms with E-state index < -0.39 is 0 Å². The molecule has 0 aromatic rings. The monoisotopic (exact) mass is 158 g/mol. The van der Waals surface area contributed by atoms with E-state index in [-0.39, 0.29) is 11.9 Å². The Labute approximate surface area is 66.7 Å². The quantitative estimate of drug-likeness (QED) is 0.445. The molecule has 0 aliphatic carbocycles. The van der Waals surface area contributed by atoms with E-state index in [0.717, 1.165) is 12.7 Å². The van der Waals surface area contributed by atoms with Gasteiger partial charge in [-0.1, -0.05) is 6.92 Å². The lowest BCUT2D eigenvalue weighted by atomic mass is 10.0. The molecule has 0 heterocycles. The van der Waals surface area contributed by atoms with Crippen LogP contribution in [0.15, 0.2) is 0 Å². The number of methoxy groups -OCH3 is 1. The summed E-state index contributed by atoms with van der Waals surface area (Å²) in [4.78, 5) is 20.6. The highest BCUT2D eigenvalue weighted by Crippen LogP contribution is 2.09. The minimum Gasteiger partial charge on any atom is -0.469 e. The molecule has 0 aliphatic heterocycles. The van der Waals surface area contributed by atoms with Gasteiger partial charge in [0, 0.05) is 12.8 Å². The molecule has 0 bridgehead atoms. The molecule has 0 spiro atoms. The van der Waals surface area contributed by atoms with Gasteiger partial charge in [-0.15, -0.1) is 0 Å². The minimum atomic E-state index is -0.205. The highest BCUT2D eigenvalue weighted by molar-refractivity contribution is 5.69. The predicted molar refractivity (Wildman–Crippen MR) is 41.1 cm³/mol. The van der Waals surface area contributed by atoms with Crippen molar-refractivity contribution in [2.75, 3.05) is 7.11 Å². The summed E-state index contributed by atoms with van der Waals surface area (Å²) < 4.78 is 4.47. The van der Waals surface area contributed by atoms with Crippen LogP contribution >= 0.6 is 0 Å². The Morgan fingerprint density at radius 1 is 1.64 bits per heavy atom. The Bertz CT molecular complexity index is 131. The second-order valence-electron chi connectivity index (χ2n) is 2.63. The second kappa shape index (κ2) is 5.89. The van der Waals surface area contributed by atoms with E-state index in [9.17, 15) is 9.59 Å². The van der Waals surface area contributed by atoms with Crippen LogP contribution in [0.25, 0.3) is 0 Å². The zero-order chi connectivity index (χ0) is 8.69. The SMILES string of the molecule is COC(=O)C[C@@H](C)CCC=O. The van der Waals surface area contributed by atoms with Crippen molar-refractivity contribution in [1.29, 1.82) is 0 Å². The third-order valence-electron chi connectivity index (χ3n) is 1.52. The Morgan fingerprint density at radius 3 is 2.73 bits per heavy atom. The van der Waals surface area contributed by atoms with Crippen LogP contribution in [0.1, 0.15) is 26.2 Å². The summed E-state index contributed by atoms with van der Waals surface area (Å²) >= 11 is 0. The van der Waals surface area contributed by atoms with Crippen molar-refractivity contribution < 1.29 is 14.3 Å². The maximum absolute atomic E-state index is 10.7. The number of carbonyl (C=O) groups excluding carboxylic acids is 2. The largest absolute Gasteiger partial charge is 0.469 e. The van der Waals surface area contributed by atoms with E-state index in [1.165, 1.54) is 7.11 Å². The topological polar surface area (TPSA) is 43.4 Å². The molecule has 1 atom stereocenters. The highest BCUT2D eigenvalue weighted by Gasteiger charge is 2.07. The van der Waals surface area contributed by atoms with Crippen LogP contribution in [0.2, 0.25) is 0 Å². The van der Waals surface area contributed by atoms with Gasteiger partial charge in [-0.25, -0.2) is 0 Å². The number of rotatable bonds is 5. The second-order valence-corrected chi connectivity index (χ2v) is 2.63. The van der Waals surface area contributed by atoms with Crippen molar-refractivity contribution in [3.63, 3.8) is 0 Å². The number of ether oxygens (including phenoxy) is 1. The van der Waals surface area contributed by atoms with Crippen molar-refractivity contribution in [2.45, 2.75) is 26.2 Å². The van der Waals surface area contributed by atoms with E-state index >= 15 is 0 Å². The molecule has 0 unspecified atom stereocenters. The van der Waals surface area contributed by atoms with E-state index in [1.54, 1.807) is 0 Å². The first-order valence-electron chi connectivity index (χ1n) is 3.71. The first-order valence-corrected chi connectivity index (χ1v) is 3.71. The van der Waals surface area contributed by atoms with Crippen molar-refractivity contribution in [3.8, 4) is 0 Å². The fourth-order valence-electron chi connectivity index (χ4n) is 0.822. The van der Waals surface area contributed by atoms with Gasteiger partial charge in [-0.2, -0.15) is 0 Å². The average Bonchev–Trinajstić information content (AvgIpc) is 2.00. The first-order chi connectivity index (χ1) is 5.20. The molecule has 0 amide bonds. The van der Waals surface area contributed by atoms with Crippen LogP contribution in [0, 0.1) is 5.92 Å². The Hall–Kier alpha value is -0.860. The maximum Gasteiger partial charge on any atom is 0.305 e. The van der Waals surface area contributed by atoms with E-state index in [4.69, 9.17) is 0 Å². The van der Waals surface area contributed by atoms with Gasteiger partial charge in [-0.05, 0) is 12.3 Å². The van der Waals surface area contributed by atoms with Gasteiger partial charge in [-0.3, -0.25) is 4.79 Å². The van der Waals surface area contributed by atoms with Gasteiger partial charge in [0.15, 0.2) is 0 Å². The molecule has 0 N–H and O–H groups in total. The number of hydrogen-bond acceptors (Lipinski definition) is 3. The summed E-state index contributed by atoms with van der Waals surface area (Å²) in [6.07, 6.45) is 2.56. The summed E-state index contributed by atoms with van der Waals surface area (Å²) in [5.74, 6) is 0.0380. The lowest BCUT2D eigenvalue weighted by Crippen LogP contribution is -2.07. The van der Waals surface area contributed by atoms with E-state index in [1.807, 2.05) is 6.92 Å². The summed E-state index contributed by atoms with van der Waals surface area (Å²) in [6.45, 7) is 1.93. The molecule has 64 valence electrons. The molecule has 0 saturated heterocycles. The van der Waals surface area contributed by atoms with Crippen LogP contribution in [0.5, 0.6) is 0 Å². The van der Waals surface area contributed by atoms with Crippen LogP contribution in [-0.2, 0) is 14.3 Å². The third kappa shape index (κ3) is 5.58. The van der Waals surface area contributed by atoms with Gasteiger partial charge < -0.3 is 9.53 Å². The fourth-order valence-corrected chi connectivity index (χ4v) is 0.822. The van der Waals surface area contributed by atoms with E-state index in [2.05, 4.69) is 4.74 Å². The summed E-state index contributed by atoms with van der Waals surface area (Å²) in [6, 6.07) is 0. The van der Waals surface area contributed by atoms with Crippen molar-refractivity contribution in [1.82, 2.24) is 0 Å². The summed E-state index contributed by atoms with van der Waals surface area (Å²) in [5.41, 5.74) is 0. The molecule has 0 aromatic heterocycles. The van der Waals surface area contributed by atoms with Gasteiger partial charge in [0.05, 0.1) is 7.11 Å². The maximum atomic E-state index is 10.7. The Morgan fingerprint density at radius 2 is 2.27 bits per heavy atom. The number of esters is 1. The number of aldehydes is 1. The molecular formula is C8H14O3. The fraction of sp³-hybridized carbons (Fsp3) is 0.750. The predicted octanol–water partition coefficient (Wildman–Crippen LogP) is 1.16. The zero-order valence-electron chi connectivity index (χ0n) is 7.00. The van der Waals surface area contributed by atoms with Crippen LogP contribution in [-0.4, -0.2) is 19.4 Å². The molecule has 0 aliphatic rings. The molecular weight excluding hydrogens is 144 g/mol. The van der Waals surface area contributed by atoms with Gasteiger partial charge >= 0.3 is 5.97 Å². The summed E-state index contributed by atoms with van der Waals surface area (Å²) in [7, 11) is 1.37. The standard InChI is InChI=1S/C8H14O3/c1-7(4-3-5-9)6-8(10)11-2/h5,7H,3-4,6H2,1-2H3/t7-/m0/s1. The van der Waals surface area contributed by atoms with Gasteiger partial charge in [0.2, 0.25) is 0 Å². The lowest BCUT2D eigenvalue weighted by molar-refractivity contribution is -0.141. The van der Waals surface area contributed by atoms with Crippen LogP contribution in [0.3, 0.4) is 0 Å². The third-order valence-corrected chi connectivity index (χ3v) is 1.52. The number of carbonyl (C=O) groups is 2.